The molecule has 0 radical (unpaired) electrons. The van der Waals surface area contributed by atoms with E-state index in [9.17, 15) is 4.79 Å². The summed E-state index contributed by atoms with van der Waals surface area (Å²) in [6.45, 7) is 2.05. The van der Waals surface area contributed by atoms with Crippen LogP contribution in [0.1, 0.15) is 23.0 Å². The predicted octanol–water partition coefficient (Wildman–Crippen LogP) is 2.69. The summed E-state index contributed by atoms with van der Waals surface area (Å²) < 4.78 is 5.13. The zero-order chi connectivity index (χ0) is 10.1. The highest BCUT2D eigenvalue weighted by Gasteiger charge is 2.09. The maximum Gasteiger partial charge on any atom is 0.371 e. The molecule has 2 aromatic rings. The smallest absolute Gasteiger partial charge is 0.371 e. The number of carboxylic acid groups (broad SMARTS) is 1. The fourth-order valence-electron chi connectivity index (χ4n) is 1.42. The molecule has 0 aliphatic carbocycles. The van der Waals surface area contributed by atoms with Gasteiger partial charge in [-0.15, -0.1) is 0 Å². The molecule has 0 fully saturated rings. The molecule has 3 heteroatoms. The van der Waals surface area contributed by atoms with Crippen LogP contribution in [0.2, 0.25) is 0 Å². The summed E-state index contributed by atoms with van der Waals surface area (Å²) in [5.41, 5.74) is 1.80. The second-order valence-electron chi connectivity index (χ2n) is 3.14. The third-order valence-corrected chi connectivity index (χ3v) is 2.20. The third kappa shape index (κ3) is 1.37. The van der Waals surface area contributed by atoms with E-state index in [0.29, 0.717) is 5.58 Å². The van der Waals surface area contributed by atoms with Crippen LogP contribution < -0.4 is 0 Å². The Balaban J connectivity index is 2.60. The lowest BCUT2D eigenvalue weighted by molar-refractivity contribution is 0.0665. The number of hydrogen-bond donors (Lipinski definition) is 1. The number of aromatic carboxylic acids is 1. The first-order valence-corrected chi connectivity index (χ1v) is 4.46. The minimum Gasteiger partial charge on any atom is -0.475 e. The van der Waals surface area contributed by atoms with Crippen molar-refractivity contribution in [3.05, 3.63) is 35.6 Å². The lowest BCUT2D eigenvalue weighted by Gasteiger charge is -1.93. The quantitative estimate of drug-likeness (QED) is 0.792. The molecule has 0 bridgehead atoms. The number of carboxylic acids is 1. The average Bonchev–Trinajstić information content (AvgIpc) is 2.59. The van der Waals surface area contributed by atoms with E-state index >= 15 is 0 Å². The number of fused-ring (bicyclic) bond motifs is 1. The first-order chi connectivity index (χ1) is 6.70. The summed E-state index contributed by atoms with van der Waals surface area (Å²) in [5, 5.41) is 9.57. The summed E-state index contributed by atoms with van der Waals surface area (Å²) in [6.07, 6.45) is 0.934. The van der Waals surface area contributed by atoms with E-state index < -0.39 is 5.97 Å². The maximum absolute atomic E-state index is 10.6. The van der Waals surface area contributed by atoms with Gasteiger partial charge in [-0.25, -0.2) is 4.79 Å². The van der Waals surface area contributed by atoms with Crippen molar-refractivity contribution in [3.63, 3.8) is 0 Å². The standard InChI is InChI=1S/C11H10O3/c1-2-7-3-4-9-8(5-7)6-10(14-9)11(12)13/h3-6H,2H2,1H3,(H,12,13). The van der Waals surface area contributed by atoms with E-state index in [-0.39, 0.29) is 5.76 Å². The topological polar surface area (TPSA) is 50.4 Å². The van der Waals surface area contributed by atoms with Crippen molar-refractivity contribution in [3.8, 4) is 0 Å². The molecule has 0 aliphatic heterocycles. The molecule has 0 unspecified atom stereocenters. The molecular formula is C11H10O3. The Morgan fingerprint density at radius 3 is 2.86 bits per heavy atom. The number of hydrogen-bond acceptors (Lipinski definition) is 2. The first kappa shape index (κ1) is 8.81. The van der Waals surface area contributed by atoms with E-state index in [1.54, 1.807) is 12.1 Å². The Bertz CT molecular complexity index is 482. The largest absolute Gasteiger partial charge is 0.475 e. The molecule has 0 atom stereocenters. The summed E-state index contributed by atoms with van der Waals surface area (Å²) in [5.74, 6) is -1.03. The van der Waals surface area contributed by atoms with Gasteiger partial charge in [-0.2, -0.15) is 0 Å². The first-order valence-electron chi connectivity index (χ1n) is 4.46. The van der Waals surface area contributed by atoms with E-state index in [0.717, 1.165) is 11.8 Å². The van der Waals surface area contributed by atoms with Gasteiger partial charge in [-0.3, -0.25) is 0 Å². The Morgan fingerprint density at radius 2 is 2.21 bits per heavy atom. The van der Waals surface area contributed by atoms with Crippen LogP contribution >= 0.6 is 0 Å². The van der Waals surface area contributed by atoms with Gasteiger partial charge < -0.3 is 9.52 Å². The van der Waals surface area contributed by atoms with Gasteiger partial charge in [0.05, 0.1) is 0 Å². The highest BCUT2D eigenvalue weighted by molar-refractivity contribution is 5.91. The van der Waals surface area contributed by atoms with Gasteiger partial charge >= 0.3 is 5.97 Å². The van der Waals surface area contributed by atoms with Crippen LogP contribution in [-0.4, -0.2) is 11.1 Å². The molecule has 0 spiro atoms. The van der Waals surface area contributed by atoms with E-state index in [4.69, 9.17) is 9.52 Å². The second kappa shape index (κ2) is 3.18. The van der Waals surface area contributed by atoms with Crippen molar-refractivity contribution in [2.24, 2.45) is 0 Å². The molecule has 1 heterocycles. The number of carbonyl (C=O) groups is 1. The van der Waals surface area contributed by atoms with Gasteiger partial charge in [0.15, 0.2) is 0 Å². The Hall–Kier alpha value is -1.77. The van der Waals surface area contributed by atoms with Crippen LogP contribution in [-0.2, 0) is 6.42 Å². The van der Waals surface area contributed by atoms with Gasteiger partial charge in [-0.05, 0) is 30.2 Å². The summed E-state index contributed by atoms with van der Waals surface area (Å²) in [6, 6.07) is 7.25. The van der Waals surface area contributed by atoms with Gasteiger partial charge in [0.25, 0.3) is 0 Å². The summed E-state index contributed by atoms with van der Waals surface area (Å²) in [4.78, 5) is 10.6. The predicted molar refractivity (Wildman–Crippen MR) is 52.6 cm³/mol. The molecule has 0 saturated carbocycles. The molecule has 1 N–H and O–H groups in total. The molecule has 0 amide bonds. The Labute approximate surface area is 81.0 Å². The number of furan rings is 1. The fourth-order valence-corrected chi connectivity index (χ4v) is 1.42. The van der Waals surface area contributed by atoms with E-state index in [2.05, 4.69) is 6.92 Å². The van der Waals surface area contributed by atoms with Crippen LogP contribution in [0.5, 0.6) is 0 Å². The fraction of sp³-hybridized carbons (Fsp3) is 0.182. The van der Waals surface area contributed by atoms with Crippen LogP contribution in [0.3, 0.4) is 0 Å². The molecule has 1 aromatic heterocycles. The van der Waals surface area contributed by atoms with Gasteiger partial charge in [0.2, 0.25) is 5.76 Å². The molecule has 2 rings (SSSR count). The SMILES string of the molecule is CCc1ccc2oc(C(=O)O)cc2c1. The molecular weight excluding hydrogens is 180 g/mol. The highest BCUT2D eigenvalue weighted by Crippen LogP contribution is 2.20. The Morgan fingerprint density at radius 1 is 1.43 bits per heavy atom. The zero-order valence-corrected chi connectivity index (χ0v) is 7.78. The van der Waals surface area contributed by atoms with Crippen LogP contribution in [0, 0.1) is 0 Å². The molecule has 72 valence electrons. The lowest BCUT2D eigenvalue weighted by atomic mass is 10.1. The lowest BCUT2D eigenvalue weighted by Crippen LogP contribution is -1.91. The molecule has 14 heavy (non-hydrogen) atoms. The molecule has 0 saturated heterocycles. The van der Waals surface area contributed by atoms with Crippen molar-refractivity contribution in [2.75, 3.05) is 0 Å². The Kier molecular flexibility index (Phi) is 2.00. The highest BCUT2D eigenvalue weighted by atomic mass is 16.4. The minimum atomic E-state index is -1.03. The van der Waals surface area contributed by atoms with Crippen molar-refractivity contribution >= 4 is 16.9 Å². The molecule has 1 aromatic carbocycles. The van der Waals surface area contributed by atoms with Gasteiger partial charge in [0, 0.05) is 5.39 Å². The van der Waals surface area contributed by atoms with E-state index in [1.807, 2.05) is 12.1 Å². The minimum absolute atomic E-state index is 0.00625. The van der Waals surface area contributed by atoms with E-state index in [1.165, 1.54) is 5.56 Å². The number of benzene rings is 1. The van der Waals surface area contributed by atoms with Crippen LogP contribution in [0.4, 0.5) is 0 Å². The normalized spacial score (nSPS) is 10.6. The van der Waals surface area contributed by atoms with Crippen molar-refractivity contribution in [1.82, 2.24) is 0 Å². The van der Waals surface area contributed by atoms with Crippen molar-refractivity contribution in [2.45, 2.75) is 13.3 Å². The average molecular weight is 190 g/mol. The summed E-state index contributed by atoms with van der Waals surface area (Å²) in [7, 11) is 0. The number of rotatable bonds is 2. The van der Waals surface area contributed by atoms with Crippen molar-refractivity contribution in [1.29, 1.82) is 0 Å². The van der Waals surface area contributed by atoms with Gasteiger partial charge in [-0.1, -0.05) is 13.0 Å². The number of aryl methyl sites for hydroxylation is 1. The van der Waals surface area contributed by atoms with Crippen molar-refractivity contribution < 1.29 is 14.3 Å². The molecule has 3 nitrogen and oxygen atoms in total. The van der Waals surface area contributed by atoms with Gasteiger partial charge in [0.1, 0.15) is 5.58 Å². The maximum atomic E-state index is 10.6. The monoisotopic (exact) mass is 190 g/mol. The summed E-state index contributed by atoms with van der Waals surface area (Å²) >= 11 is 0. The van der Waals surface area contributed by atoms with Crippen LogP contribution in [0.15, 0.2) is 28.7 Å². The zero-order valence-electron chi connectivity index (χ0n) is 7.78. The molecule has 0 aliphatic rings. The van der Waals surface area contributed by atoms with Crippen LogP contribution in [0.25, 0.3) is 11.0 Å². The second-order valence-corrected chi connectivity index (χ2v) is 3.14. The third-order valence-electron chi connectivity index (χ3n) is 2.20.